The lowest BCUT2D eigenvalue weighted by atomic mass is 10.4. The summed E-state index contributed by atoms with van der Waals surface area (Å²) in [7, 11) is 0. The monoisotopic (exact) mass is 134 g/mol. The van der Waals surface area contributed by atoms with Crippen LogP contribution in [0.2, 0.25) is 0 Å². The Labute approximate surface area is 57.1 Å². The van der Waals surface area contributed by atoms with E-state index in [-0.39, 0.29) is 0 Å². The second-order valence-electron chi connectivity index (χ2n) is 2.02. The lowest BCUT2D eigenvalue weighted by Gasteiger charge is -1.88. The second-order valence-corrected chi connectivity index (χ2v) is 2.02. The lowest BCUT2D eigenvalue weighted by Crippen LogP contribution is -1.91. The van der Waals surface area contributed by atoms with E-state index in [4.69, 9.17) is 5.73 Å². The van der Waals surface area contributed by atoms with E-state index >= 15 is 0 Å². The minimum atomic E-state index is 0.312. The number of hydrogen-bond donors (Lipinski definition) is 2. The molecule has 0 saturated heterocycles. The number of aromatic nitrogens is 3. The van der Waals surface area contributed by atoms with Gasteiger partial charge in [0.05, 0.1) is 5.52 Å². The van der Waals surface area contributed by atoms with E-state index in [1.165, 1.54) is 0 Å². The second kappa shape index (κ2) is 1.70. The topological polar surface area (TPSA) is 67.6 Å². The zero-order valence-corrected chi connectivity index (χ0v) is 5.20. The molecule has 2 heterocycles. The summed E-state index contributed by atoms with van der Waals surface area (Å²) in [5.41, 5.74) is 6.20. The number of nitrogens with two attached hydrogens (primary N) is 1. The molecule has 10 heavy (non-hydrogen) atoms. The number of nitrogens with one attached hydrogen (secondary N) is 1. The Morgan fingerprint density at radius 3 is 3.20 bits per heavy atom. The molecule has 4 nitrogen and oxygen atoms in total. The van der Waals surface area contributed by atoms with Gasteiger partial charge in [-0.15, -0.1) is 0 Å². The Morgan fingerprint density at radius 2 is 2.30 bits per heavy atom. The van der Waals surface area contributed by atoms with Crippen LogP contribution in [0.1, 0.15) is 0 Å². The zero-order chi connectivity index (χ0) is 6.97. The zero-order valence-electron chi connectivity index (χ0n) is 5.20. The van der Waals surface area contributed by atoms with Crippen molar-refractivity contribution in [1.29, 1.82) is 0 Å². The molecule has 0 aliphatic heterocycles. The van der Waals surface area contributed by atoms with Crippen LogP contribution in [0.4, 0.5) is 5.95 Å². The van der Waals surface area contributed by atoms with Gasteiger partial charge in [-0.3, -0.25) is 0 Å². The normalized spacial score (nSPS) is 10.4. The van der Waals surface area contributed by atoms with Gasteiger partial charge in [-0.2, -0.15) is 0 Å². The molecule has 2 aromatic heterocycles. The molecule has 0 bridgehead atoms. The van der Waals surface area contributed by atoms with Crippen LogP contribution < -0.4 is 5.73 Å². The molecule has 0 fully saturated rings. The first-order valence-corrected chi connectivity index (χ1v) is 2.91. The maximum absolute atomic E-state index is 5.35. The van der Waals surface area contributed by atoms with Gasteiger partial charge < -0.3 is 10.7 Å². The molecule has 3 N–H and O–H groups in total. The fourth-order valence-corrected chi connectivity index (χ4v) is 0.856. The molecule has 0 spiro atoms. The molecule has 2 rings (SSSR count). The third-order valence-electron chi connectivity index (χ3n) is 1.33. The fourth-order valence-electron chi connectivity index (χ4n) is 0.856. The number of hydrogen-bond acceptors (Lipinski definition) is 3. The average Bonchev–Trinajstić information content (AvgIpc) is 2.33. The third-order valence-corrected chi connectivity index (χ3v) is 1.33. The van der Waals surface area contributed by atoms with Crippen molar-refractivity contribution in [2.75, 3.05) is 5.73 Å². The van der Waals surface area contributed by atoms with Crippen molar-refractivity contribution in [2.45, 2.75) is 0 Å². The molecule has 0 unspecified atom stereocenters. The van der Waals surface area contributed by atoms with Crippen LogP contribution in [0.5, 0.6) is 0 Å². The van der Waals surface area contributed by atoms with Crippen LogP contribution in [-0.4, -0.2) is 15.0 Å². The standard InChI is InChI=1S/C6H6N4/c7-6-9-2-4-1-8-3-5(4)10-6/h1-3,8H,(H2,7,10). The molecule has 0 aliphatic rings. The Hall–Kier alpha value is -1.58. The van der Waals surface area contributed by atoms with E-state index in [9.17, 15) is 0 Å². The summed E-state index contributed by atoms with van der Waals surface area (Å²) in [5.74, 6) is 0.312. The molecule has 2 aromatic rings. The van der Waals surface area contributed by atoms with Crippen molar-refractivity contribution >= 4 is 16.9 Å². The van der Waals surface area contributed by atoms with E-state index in [2.05, 4.69) is 15.0 Å². The van der Waals surface area contributed by atoms with Gasteiger partial charge in [0.2, 0.25) is 5.95 Å². The molecule has 0 atom stereocenters. The van der Waals surface area contributed by atoms with Crippen LogP contribution in [0, 0.1) is 0 Å². The number of nitrogens with zero attached hydrogens (tertiary/aromatic N) is 2. The minimum absolute atomic E-state index is 0.312. The molecule has 0 aromatic carbocycles. The molecule has 0 saturated carbocycles. The molecule has 0 amide bonds. The predicted octanol–water partition coefficient (Wildman–Crippen LogP) is 0.540. The summed E-state index contributed by atoms with van der Waals surface area (Å²) < 4.78 is 0. The number of H-pyrrole nitrogens is 1. The van der Waals surface area contributed by atoms with Gasteiger partial charge in [-0.25, -0.2) is 9.97 Å². The van der Waals surface area contributed by atoms with Gasteiger partial charge >= 0.3 is 0 Å². The Bertz CT molecular complexity index is 351. The van der Waals surface area contributed by atoms with Crippen molar-refractivity contribution in [3.8, 4) is 0 Å². The van der Waals surface area contributed by atoms with Crippen molar-refractivity contribution in [3.05, 3.63) is 18.6 Å². The molecular weight excluding hydrogens is 128 g/mol. The van der Waals surface area contributed by atoms with Gasteiger partial charge in [-0.05, 0) is 0 Å². The number of anilines is 1. The van der Waals surface area contributed by atoms with Crippen molar-refractivity contribution in [2.24, 2.45) is 0 Å². The average molecular weight is 134 g/mol. The van der Waals surface area contributed by atoms with Gasteiger partial charge in [0, 0.05) is 24.0 Å². The van der Waals surface area contributed by atoms with Gasteiger partial charge in [-0.1, -0.05) is 0 Å². The van der Waals surface area contributed by atoms with Crippen LogP contribution in [-0.2, 0) is 0 Å². The largest absolute Gasteiger partial charge is 0.368 e. The van der Waals surface area contributed by atoms with E-state index < -0.39 is 0 Å². The van der Waals surface area contributed by atoms with Gasteiger partial charge in [0.15, 0.2) is 0 Å². The Morgan fingerprint density at radius 1 is 1.40 bits per heavy atom. The minimum Gasteiger partial charge on any atom is -0.368 e. The molecule has 0 aliphatic carbocycles. The van der Waals surface area contributed by atoms with E-state index in [1.54, 1.807) is 12.4 Å². The van der Waals surface area contributed by atoms with E-state index in [0.717, 1.165) is 10.9 Å². The smallest absolute Gasteiger partial charge is 0.220 e. The Kier molecular flexibility index (Phi) is 0.887. The summed E-state index contributed by atoms with van der Waals surface area (Å²) in [6, 6.07) is 0. The van der Waals surface area contributed by atoms with Crippen LogP contribution in [0.15, 0.2) is 18.6 Å². The highest BCUT2D eigenvalue weighted by Gasteiger charge is 1.94. The van der Waals surface area contributed by atoms with Crippen molar-refractivity contribution in [3.63, 3.8) is 0 Å². The maximum Gasteiger partial charge on any atom is 0.220 e. The first-order chi connectivity index (χ1) is 4.86. The van der Waals surface area contributed by atoms with E-state index in [1.807, 2.05) is 6.20 Å². The summed E-state index contributed by atoms with van der Waals surface area (Å²) >= 11 is 0. The van der Waals surface area contributed by atoms with Gasteiger partial charge in [0.25, 0.3) is 0 Å². The molecule has 50 valence electrons. The number of rotatable bonds is 0. The van der Waals surface area contributed by atoms with Crippen molar-refractivity contribution < 1.29 is 0 Å². The summed E-state index contributed by atoms with van der Waals surface area (Å²) in [6.45, 7) is 0. The number of fused-ring (bicyclic) bond motifs is 1. The molecular formula is C6H6N4. The SMILES string of the molecule is Nc1ncc2c[nH]cc2n1. The fraction of sp³-hybridized carbons (Fsp3) is 0. The Balaban J connectivity index is 2.86. The molecule has 4 heteroatoms. The van der Waals surface area contributed by atoms with Crippen LogP contribution in [0.3, 0.4) is 0 Å². The maximum atomic E-state index is 5.35. The lowest BCUT2D eigenvalue weighted by molar-refractivity contribution is 1.24. The summed E-state index contributed by atoms with van der Waals surface area (Å²) in [5, 5.41) is 0.981. The number of nitrogen functional groups attached to an aromatic ring is 1. The summed E-state index contributed by atoms with van der Waals surface area (Å²) in [6.07, 6.45) is 5.30. The van der Waals surface area contributed by atoms with E-state index in [0.29, 0.717) is 5.95 Å². The van der Waals surface area contributed by atoms with Crippen molar-refractivity contribution in [1.82, 2.24) is 15.0 Å². The predicted molar refractivity (Wildman–Crippen MR) is 38.3 cm³/mol. The number of aromatic amines is 1. The highest BCUT2D eigenvalue weighted by Crippen LogP contribution is 2.08. The highest BCUT2D eigenvalue weighted by molar-refractivity contribution is 5.77. The summed E-state index contributed by atoms with van der Waals surface area (Å²) in [4.78, 5) is 10.7. The first-order valence-electron chi connectivity index (χ1n) is 2.91. The molecule has 0 radical (unpaired) electrons. The quantitative estimate of drug-likeness (QED) is 0.552. The highest BCUT2D eigenvalue weighted by atomic mass is 15.0. The van der Waals surface area contributed by atoms with Crippen LogP contribution >= 0.6 is 0 Å². The first kappa shape index (κ1) is 5.22. The van der Waals surface area contributed by atoms with Gasteiger partial charge in [0.1, 0.15) is 0 Å². The third kappa shape index (κ3) is 0.621. The van der Waals surface area contributed by atoms with Crippen LogP contribution in [0.25, 0.3) is 10.9 Å².